The van der Waals surface area contributed by atoms with Crippen LogP contribution in [0.1, 0.15) is 25.0 Å². The Morgan fingerprint density at radius 1 is 1.17 bits per heavy atom. The Morgan fingerprint density at radius 3 is 2.50 bits per heavy atom. The first-order valence-electron chi connectivity index (χ1n) is 9.13. The van der Waals surface area contributed by atoms with E-state index in [1.807, 2.05) is 4.90 Å². The van der Waals surface area contributed by atoms with E-state index in [4.69, 9.17) is 11.5 Å². The van der Waals surface area contributed by atoms with Gasteiger partial charge in [0, 0.05) is 36.0 Å². The van der Waals surface area contributed by atoms with Crippen LogP contribution in [-0.4, -0.2) is 39.8 Å². The van der Waals surface area contributed by atoms with Crippen LogP contribution >= 0.6 is 11.8 Å². The van der Waals surface area contributed by atoms with E-state index in [2.05, 4.69) is 19.9 Å². The molecule has 30 heavy (non-hydrogen) atoms. The van der Waals surface area contributed by atoms with Crippen molar-refractivity contribution in [1.82, 2.24) is 15.0 Å². The summed E-state index contributed by atoms with van der Waals surface area (Å²) >= 11 is 0.769. The minimum absolute atomic E-state index is 0.0342. The molecule has 2 aromatic heterocycles. The Bertz CT molecular complexity index is 1020. The van der Waals surface area contributed by atoms with Gasteiger partial charge in [-0.2, -0.15) is 13.2 Å². The van der Waals surface area contributed by atoms with Crippen molar-refractivity contribution in [3.05, 3.63) is 30.2 Å². The number of carbonyl (C=O) groups is 1. The first-order chi connectivity index (χ1) is 14.2. The molecule has 4 heterocycles. The third kappa shape index (κ3) is 3.78. The minimum Gasteiger partial charge on any atom is -0.387 e. The monoisotopic (exact) mass is 437 g/mol. The first kappa shape index (κ1) is 20.4. The highest BCUT2D eigenvalue weighted by Crippen LogP contribution is 2.41. The number of halogens is 3. The third-order valence-electron chi connectivity index (χ3n) is 5.32. The number of nitrogens with zero attached hydrogens (tertiary/aromatic N) is 5. The van der Waals surface area contributed by atoms with Crippen molar-refractivity contribution in [1.29, 1.82) is 0 Å². The lowest BCUT2D eigenvalue weighted by Crippen LogP contribution is -2.46. The van der Waals surface area contributed by atoms with Crippen LogP contribution in [0.15, 0.2) is 39.4 Å². The van der Waals surface area contributed by atoms with E-state index in [1.165, 1.54) is 18.3 Å². The fourth-order valence-electron chi connectivity index (χ4n) is 3.67. The highest BCUT2D eigenvalue weighted by molar-refractivity contribution is 7.99. The highest BCUT2D eigenvalue weighted by Gasteiger charge is 2.44. The van der Waals surface area contributed by atoms with Crippen LogP contribution in [0, 0.1) is 5.41 Å². The van der Waals surface area contributed by atoms with Gasteiger partial charge in [-0.3, -0.25) is 9.78 Å². The van der Waals surface area contributed by atoms with Crippen LogP contribution in [0.2, 0.25) is 0 Å². The average molecular weight is 437 g/mol. The molecule has 0 radical (unpaired) electrons. The number of rotatable bonds is 3. The summed E-state index contributed by atoms with van der Waals surface area (Å²) in [4.78, 5) is 29.3. The molecule has 0 aliphatic carbocycles. The zero-order valence-corrected chi connectivity index (χ0v) is 16.5. The molecule has 0 bridgehead atoms. The minimum atomic E-state index is -4.58. The molecule has 1 fully saturated rings. The molecule has 2 aromatic rings. The number of aromatic nitrogens is 3. The SMILES string of the molecule is NC1=NC(=O)CC12CCN(c1cnc(Sc3cccnc3C(F)(F)F)c(N)n1)CC2. The number of alkyl halides is 3. The molecule has 2 aliphatic heterocycles. The van der Waals surface area contributed by atoms with Gasteiger partial charge >= 0.3 is 6.18 Å². The smallest absolute Gasteiger partial charge is 0.387 e. The van der Waals surface area contributed by atoms with E-state index >= 15 is 0 Å². The van der Waals surface area contributed by atoms with Crippen LogP contribution < -0.4 is 16.4 Å². The quantitative estimate of drug-likeness (QED) is 0.751. The van der Waals surface area contributed by atoms with Gasteiger partial charge in [-0.25, -0.2) is 15.0 Å². The molecule has 8 nitrogen and oxygen atoms in total. The van der Waals surface area contributed by atoms with Crippen LogP contribution in [0.3, 0.4) is 0 Å². The van der Waals surface area contributed by atoms with Crippen LogP contribution in [0.4, 0.5) is 24.8 Å². The third-order valence-corrected chi connectivity index (χ3v) is 6.38. The predicted molar refractivity (Wildman–Crippen MR) is 105 cm³/mol. The highest BCUT2D eigenvalue weighted by atomic mass is 32.2. The van der Waals surface area contributed by atoms with Gasteiger partial charge in [0.1, 0.15) is 16.7 Å². The molecule has 12 heteroatoms. The lowest BCUT2D eigenvalue weighted by Gasteiger charge is -2.39. The average Bonchev–Trinajstić information content (AvgIpc) is 2.96. The van der Waals surface area contributed by atoms with E-state index in [0.717, 1.165) is 18.0 Å². The van der Waals surface area contributed by atoms with Gasteiger partial charge in [-0.05, 0) is 25.0 Å². The fourth-order valence-corrected chi connectivity index (χ4v) is 4.55. The number of hydrogen-bond acceptors (Lipinski definition) is 8. The summed E-state index contributed by atoms with van der Waals surface area (Å²) in [6, 6.07) is 2.73. The molecule has 158 valence electrons. The number of piperidine rings is 1. The van der Waals surface area contributed by atoms with Crippen molar-refractivity contribution >= 4 is 35.1 Å². The van der Waals surface area contributed by atoms with Gasteiger partial charge < -0.3 is 16.4 Å². The Balaban J connectivity index is 1.49. The molecule has 0 saturated carbocycles. The number of hydrogen-bond donors (Lipinski definition) is 2. The van der Waals surface area contributed by atoms with Crippen LogP contribution in [0.5, 0.6) is 0 Å². The van der Waals surface area contributed by atoms with Gasteiger partial charge in [-0.1, -0.05) is 11.8 Å². The van der Waals surface area contributed by atoms with Gasteiger partial charge in [0.25, 0.3) is 0 Å². The van der Waals surface area contributed by atoms with Gasteiger partial charge in [-0.15, -0.1) is 0 Å². The zero-order chi connectivity index (χ0) is 21.5. The number of aliphatic imine (C=N–C) groups is 1. The second-order valence-corrected chi connectivity index (χ2v) is 8.23. The predicted octanol–water partition coefficient (Wildman–Crippen LogP) is 2.50. The lowest BCUT2D eigenvalue weighted by molar-refractivity contribution is -0.143. The van der Waals surface area contributed by atoms with Crippen molar-refractivity contribution in [3.63, 3.8) is 0 Å². The topological polar surface area (TPSA) is 123 Å². The summed E-state index contributed by atoms with van der Waals surface area (Å²) in [5.41, 5.74) is 10.6. The second-order valence-electron chi connectivity index (χ2n) is 7.20. The normalized spacial score (nSPS) is 18.7. The number of pyridine rings is 1. The molecule has 0 aromatic carbocycles. The van der Waals surface area contributed by atoms with Gasteiger partial charge in [0.05, 0.1) is 6.20 Å². The molecule has 0 atom stereocenters. The first-order valence-corrected chi connectivity index (χ1v) is 9.95. The maximum atomic E-state index is 13.1. The maximum absolute atomic E-state index is 13.1. The molecule has 1 spiro atoms. The Hall–Kier alpha value is -2.89. The summed E-state index contributed by atoms with van der Waals surface area (Å²) in [5.74, 6) is 0.752. The number of carbonyl (C=O) groups excluding carboxylic acids is 1. The van der Waals surface area contributed by atoms with E-state index in [1.54, 1.807) is 0 Å². The van der Waals surface area contributed by atoms with Crippen LogP contribution in [-0.2, 0) is 11.0 Å². The lowest BCUT2D eigenvalue weighted by atomic mass is 9.76. The van der Waals surface area contributed by atoms with Crippen molar-refractivity contribution in [2.75, 3.05) is 23.7 Å². The van der Waals surface area contributed by atoms with Crippen molar-refractivity contribution in [3.8, 4) is 0 Å². The Kier molecular flexibility index (Phi) is 5.04. The van der Waals surface area contributed by atoms with Gasteiger partial charge in [0.15, 0.2) is 11.5 Å². The molecule has 4 N–H and O–H groups in total. The van der Waals surface area contributed by atoms with E-state index in [0.29, 0.717) is 44.0 Å². The van der Waals surface area contributed by atoms with Crippen molar-refractivity contribution in [2.45, 2.75) is 35.4 Å². The van der Waals surface area contributed by atoms with Crippen molar-refractivity contribution < 1.29 is 18.0 Å². The fraction of sp³-hybridized carbons (Fsp3) is 0.389. The molecular formula is C18H18F3N7OS. The number of nitrogens with two attached hydrogens (primary N) is 2. The molecule has 1 amide bonds. The summed E-state index contributed by atoms with van der Waals surface area (Å²) in [7, 11) is 0. The molecule has 2 aliphatic rings. The summed E-state index contributed by atoms with van der Waals surface area (Å²) in [5, 5.41) is 0.170. The molecular weight excluding hydrogens is 419 g/mol. The Morgan fingerprint density at radius 2 is 1.90 bits per heavy atom. The number of amides is 1. The van der Waals surface area contributed by atoms with E-state index in [9.17, 15) is 18.0 Å². The molecule has 0 unspecified atom stereocenters. The van der Waals surface area contributed by atoms with E-state index in [-0.39, 0.29) is 21.6 Å². The molecule has 1 saturated heterocycles. The summed E-state index contributed by atoms with van der Waals surface area (Å²) in [6.45, 7) is 1.18. The standard InChI is InChI=1S/C18H18F3N7OS/c19-18(20,21)13-10(2-1-5-24-13)30-15-14(22)26-11(9-25-15)28-6-3-17(4-7-28)8-12(29)27-16(17)23/h1-2,5,9H,3-4,6-8H2,(H2,22,26)(H2,23,27,29). The zero-order valence-electron chi connectivity index (χ0n) is 15.7. The van der Waals surface area contributed by atoms with Crippen molar-refractivity contribution in [2.24, 2.45) is 16.1 Å². The summed E-state index contributed by atoms with van der Waals surface area (Å²) in [6.07, 6.45) is -0.389. The van der Waals surface area contributed by atoms with E-state index < -0.39 is 17.3 Å². The van der Waals surface area contributed by atoms with Crippen LogP contribution in [0.25, 0.3) is 0 Å². The number of amidine groups is 1. The number of nitrogen functional groups attached to an aromatic ring is 1. The second kappa shape index (κ2) is 7.42. The summed E-state index contributed by atoms with van der Waals surface area (Å²) < 4.78 is 39.4. The van der Waals surface area contributed by atoms with Gasteiger partial charge in [0.2, 0.25) is 5.91 Å². The number of anilines is 2. The Labute approximate surface area is 174 Å². The largest absolute Gasteiger partial charge is 0.434 e. The maximum Gasteiger partial charge on any atom is 0.434 e. The molecule has 4 rings (SSSR count).